The summed E-state index contributed by atoms with van der Waals surface area (Å²) < 4.78 is 0. The molecule has 0 aromatic carbocycles. The van der Waals surface area contributed by atoms with E-state index < -0.39 is 0 Å². The zero-order valence-corrected chi connectivity index (χ0v) is 11.8. The molecule has 0 saturated heterocycles. The average molecular weight is 249 g/mol. The molecule has 0 atom stereocenters. The standard InChI is InChI=1S/C15H27N3/c1-12-7-9-13(10-8-12)11-17-15(16-2)18-14-5-3-4-6-14/h3-4,12-14H,5-11H2,1-2H3,(H2,16,17,18). The van der Waals surface area contributed by atoms with Crippen molar-refractivity contribution < 1.29 is 0 Å². The first-order valence-corrected chi connectivity index (χ1v) is 7.40. The van der Waals surface area contributed by atoms with Crippen LogP contribution in [0.2, 0.25) is 0 Å². The van der Waals surface area contributed by atoms with Crippen molar-refractivity contribution in [3.63, 3.8) is 0 Å². The molecule has 0 bridgehead atoms. The van der Waals surface area contributed by atoms with E-state index in [4.69, 9.17) is 0 Å². The number of hydrogen-bond donors (Lipinski definition) is 2. The van der Waals surface area contributed by atoms with E-state index in [1.807, 2.05) is 7.05 Å². The quantitative estimate of drug-likeness (QED) is 0.458. The largest absolute Gasteiger partial charge is 0.356 e. The third kappa shape index (κ3) is 4.04. The van der Waals surface area contributed by atoms with Crippen molar-refractivity contribution in [3.8, 4) is 0 Å². The van der Waals surface area contributed by atoms with Crippen LogP contribution in [0.15, 0.2) is 17.1 Å². The lowest BCUT2D eigenvalue weighted by atomic mass is 9.83. The van der Waals surface area contributed by atoms with E-state index in [2.05, 4.69) is 34.7 Å². The van der Waals surface area contributed by atoms with Gasteiger partial charge in [-0.2, -0.15) is 0 Å². The molecule has 0 amide bonds. The first-order valence-electron chi connectivity index (χ1n) is 7.40. The fraction of sp³-hybridized carbons (Fsp3) is 0.800. The van der Waals surface area contributed by atoms with Crippen LogP contribution in [0.25, 0.3) is 0 Å². The molecule has 2 aliphatic rings. The summed E-state index contributed by atoms with van der Waals surface area (Å²) in [4.78, 5) is 4.32. The monoisotopic (exact) mass is 249 g/mol. The highest BCUT2D eigenvalue weighted by atomic mass is 15.2. The molecule has 0 spiro atoms. The molecule has 3 nitrogen and oxygen atoms in total. The minimum atomic E-state index is 0.544. The van der Waals surface area contributed by atoms with Gasteiger partial charge in [-0.25, -0.2) is 0 Å². The lowest BCUT2D eigenvalue weighted by molar-refractivity contribution is 0.289. The van der Waals surface area contributed by atoms with Gasteiger partial charge in [-0.1, -0.05) is 31.9 Å². The number of nitrogens with one attached hydrogen (secondary N) is 2. The van der Waals surface area contributed by atoms with Crippen molar-refractivity contribution >= 4 is 5.96 Å². The summed E-state index contributed by atoms with van der Waals surface area (Å²) in [6, 6.07) is 0.544. The van der Waals surface area contributed by atoms with Crippen LogP contribution in [0.5, 0.6) is 0 Å². The number of guanidine groups is 1. The number of rotatable bonds is 3. The van der Waals surface area contributed by atoms with Crippen molar-refractivity contribution in [2.75, 3.05) is 13.6 Å². The van der Waals surface area contributed by atoms with Gasteiger partial charge in [-0.05, 0) is 37.5 Å². The summed E-state index contributed by atoms with van der Waals surface area (Å²) in [5, 5.41) is 6.98. The van der Waals surface area contributed by atoms with Crippen LogP contribution in [0, 0.1) is 11.8 Å². The normalized spacial score (nSPS) is 29.6. The van der Waals surface area contributed by atoms with Gasteiger partial charge in [0, 0.05) is 19.6 Å². The second-order valence-electron chi connectivity index (χ2n) is 5.86. The maximum atomic E-state index is 4.32. The molecular weight excluding hydrogens is 222 g/mol. The van der Waals surface area contributed by atoms with Crippen molar-refractivity contribution in [1.29, 1.82) is 0 Å². The average Bonchev–Trinajstić information content (AvgIpc) is 2.89. The van der Waals surface area contributed by atoms with Crippen molar-refractivity contribution in [1.82, 2.24) is 10.6 Å². The van der Waals surface area contributed by atoms with Crippen molar-refractivity contribution in [2.45, 2.75) is 51.5 Å². The van der Waals surface area contributed by atoms with Crippen LogP contribution in [0.3, 0.4) is 0 Å². The van der Waals surface area contributed by atoms with Crippen LogP contribution >= 0.6 is 0 Å². The molecule has 1 saturated carbocycles. The summed E-state index contributed by atoms with van der Waals surface area (Å²) in [6.07, 6.45) is 12.3. The molecule has 0 heterocycles. The zero-order chi connectivity index (χ0) is 12.8. The number of aliphatic imine (C=N–C) groups is 1. The van der Waals surface area contributed by atoms with Gasteiger partial charge in [0.1, 0.15) is 0 Å². The second kappa shape index (κ2) is 6.81. The summed E-state index contributed by atoms with van der Waals surface area (Å²) >= 11 is 0. The SMILES string of the molecule is CN=C(NCC1CCC(C)CC1)NC1CC=CC1. The Morgan fingerprint density at radius 2 is 1.83 bits per heavy atom. The molecular formula is C15H27N3. The molecule has 0 aromatic heterocycles. The molecule has 102 valence electrons. The minimum absolute atomic E-state index is 0.544. The van der Waals surface area contributed by atoms with E-state index in [1.165, 1.54) is 25.7 Å². The molecule has 2 aliphatic carbocycles. The molecule has 2 rings (SSSR count). The minimum Gasteiger partial charge on any atom is -0.356 e. The van der Waals surface area contributed by atoms with Gasteiger partial charge < -0.3 is 10.6 Å². The maximum absolute atomic E-state index is 4.32. The van der Waals surface area contributed by atoms with Crippen molar-refractivity contribution in [3.05, 3.63) is 12.2 Å². The highest BCUT2D eigenvalue weighted by molar-refractivity contribution is 5.80. The van der Waals surface area contributed by atoms with Crippen LogP contribution in [0.1, 0.15) is 45.4 Å². The van der Waals surface area contributed by atoms with E-state index in [-0.39, 0.29) is 0 Å². The highest BCUT2D eigenvalue weighted by Gasteiger charge is 2.18. The van der Waals surface area contributed by atoms with Gasteiger partial charge in [-0.3, -0.25) is 4.99 Å². The topological polar surface area (TPSA) is 36.4 Å². The lowest BCUT2D eigenvalue weighted by Crippen LogP contribution is -2.44. The van der Waals surface area contributed by atoms with Crippen LogP contribution in [-0.4, -0.2) is 25.6 Å². The van der Waals surface area contributed by atoms with Gasteiger partial charge in [0.15, 0.2) is 5.96 Å². The van der Waals surface area contributed by atoms with Crippen LogP contribution in [0.4, 0.5) is 0 Å². The van der Waals surface area contributed by atoms with Crippen LogP contribution in [-0.2, 0) is 0 Å². The Kier molecular flexibility index (Phi) is 5.09. The summed E-state index contributed by atoms with van der Waals surface area (Å²) in [5.41, 5.74) is 0. The van der Waals surface area contributed by atoms with E-state index in [1.54, 1.807) is 0 Å². The van der Waals surface area contributed by atoms with Crippen molar-refractivity contribution in [2.24, 2.45) is 16.8 Å². The molecule has 3 heteroatoms. The molecule has 2 N–H and O–H groups in total. The third-order valence-electron chi connectivity index (χ3n) is 4.27. The summed E-state index contributed by atoms with van der Waals surface area (Å²) in [7, 11) is 1.86. The van der Waals surface area contributed by atoms with E-state index in [9.17, 15) is 0 Å². The van der Waals surface area contributed by atoms with E-state index >= 15 is 0 Å². The second-order valence-corrected chi connectivity index (χ2v) is 5.86. The molecule has 0 radical (unpaired) electrons. The van der Waals surface area contributed by atoms with E-state index in [0.29, 0.717) is 6.04 Å². The van der Waals surface area contributed by atoms with Gasteiger partial charge >= 0.3 is 0 Å². The molecule has 0 unspecified atom stereocenters. The first-order chi connectivity index (χ1) is 8.78. The Hall–Kier alpha value is -0.990. The summed E-state index contributed by atoms with van der Waals surface area (Å²) in [5.74, 6) is 2.74. The van der Waals surface area contributed by atoms with Crippen LogP contribution < -0.4 is 10.6 Å². The highest BCUT2D eigenvalue weighted by Crippen LogP contribution is 2.27. The number of hydrogen-bond acceptors (Lipinski definition) is 1. The van der Waals surface area contributed by atoms with Gasteiger partial charge in [0.05, 0.1) is 0 Å². The Bertz CT molecular complexity index is 293. The molecule has 0 aliphatic heterocycles. The predicted octanol–water partition coefficient (Wildman–Crippen LogP) is 2.70. The fourth-order valence-corrected chi connectivity index (χ4v) is 2.90. The molecule has 1 fully saturated rings. The van der Waals surface area contributed by atoms with E-state index in [0.717, 1.165) is 37.2 Å². The first kappa shape index (κ1) is 13.4. The van der Waals surface area contributed by atoms with Gasteiger partial charge in [0.2, 0.25) is 0 Å². The Morgan fingerprint density at radius 3 is 2.44 bits per heavy atom. The predicted molar refractivity (Wildman–Crippen MR) is 77.8 cm³/mol. The van der Waals surface area contributed by atoms with Gasteiger partial charge in [0.25, 0.3) is 0 Å². The Labute approximate surface area is 111 Å². The maximum Gasteiger partial charge on any atom is 0.191 e. The molecule has 18 heavy (non-hydrogen) atoms. The Morgan fingerprint density at radius 1 is 1.17 bits per heavy atom. The van der Waals surface area contributed by atoms with Gasteiger partial charge in [-0.15, -0.1) is 0 Å². The smallest absolute Gasteiger partial charge is 0.191 e. The molecule has 0 aromatic rings. The number of nitrogens with zero attached hydrogens (tertiary/aromatic N) is 1. The zero-order valence-electron chi connectivity index (χ0n) is 11.8. The fourth-order valence-electron chi connectivity index (χ4n) is 2.90. The summed E-state index contributed by atoms with van der Waals surface area (Å²) in [6.45, 7) is 3.45. The third-order valence-corrected chi connectivity index (χ3v) is 4.27. The lowest BCUT2D eigenvalue weighted by Gasteiger charge is -2.27. The Balaban J connectivity index is 1.67.